The van der Waals surface area contributed by atoms with Gasteiger partial charge in [-0.1, -0.05) is 0 Å². The molecule has 0 amide bonds. The van der Waals surface area contributed by atoms with Gasteiger partial charge in [0.25, 0.3) is 0 Å². The molecule has 1 N–H and O–H groups in total. The van der Waals surface area contributed by atoms with Crippen LogP contribution in [0.15, 0.2) is 0 Å². The number of hydrogen-bond acceptors (Lipinski definition) is 4. The Morgan fingerprint density at radius 1 is 1.50 bits per heavy atom. The van der Waals surface area contributed by atoms with Crippen molar-refractivity contribution in [2.45, 2.75) is 38.6 Å². The van der Waals surface area contributed by atoms with Gasteiger partial charge in [0.2, 0.25) is 0 Å². The summed E-state index contributed by atoms with van der Waals surface area (Å²) >= 11 is 0. The molecular formula is C8H13NO3. The summed E-state index contributed by atoms with van der Waals surface area (Å²) in [6.45, 7) is 1.35. The Labute approximate surface area is 71.2 Å². The van der Waals surface area contributed by atoms with E-state index < -0.39 is 0 Å². The first-order chi connectivity index (χ1) is 5.68. The van der Waals surface area contributed by atoms with Gasteiger partial charge < -0.3 is 4.84 Å². The fourth-order valence-corrected chi connectivity index (χ4v) is 1.22. The van der Waals surface area contributed by atoms with E-state index in [1.165, 1.54) is 6.92 Å². The number of rotatable bonds is 2. The Kier molecular flexibility index (Phi) is 3.22. The second-order valence-electron chi connectivity index (χ2n) is 3.02. The Hall–Kier alpha value is -0.900. The number of ketones is 1. The summed E-state index contributed by atoms with van der Waals surface area (Å²) in [4.78, 5) is 25.8. The van der Waals surface area contributed by atoms with Crippen LogP contribution in [0.2, 0.25) is 0 Å². The van der Waals surface area contributed by atoms with Crippen molar-refractivity contribution < 1.29 is 14.4 Å². The maximum absolute atomic E-state index is 10.8. The predicted octanol–water partition coefficient (Wildman–Crippen LogP) is 0.566. The molecule has 0 saturated heterocycles. The maximum atomic E-state index is 10.8. The van der Waals surface area contributed by atoms with Crippen LogP contribution in [0.3, 0.4) is 0 Å². The molecule has 0 aromatic heterocycles. The van der Waals surface area contributed by atoms with Gasteiger partial charge in [0.15, 0.2) is 0 Å². The van der Waals surface area contributed by atoms with E-state index in [1.54, 1.807) is 0 Å². The average molecular weight is 171 g/mol. The molecule has 12 heavy (non-hydrogen) atoms. The lowest BCUT2D eigenvalue weighted by molar-refractivity contribution is -0.150. The van der Waals surface area contributed by atoms with Gasteiger partial charge in [-0.3, -0.25) is 9.59 Å². The average Bonchev–Trinajstić information content (AvgIpc) is 2.03. The SMILES string of the molecule is CC(=O)ONC1CCC(=O)CC1. The van der Waals surface area contributed by atoms with Crippen LogP contribution in [0.1, 0.15) is 32.6 Å². The molecule has 0 radical (unpaired) electrons. The van der Waals surface area contributed by atoms with Crippen molar-refractivity contribution >= 4 is 11.8 Å². The largest absolute Gasteiger partial charge is 0.371 e. The Bertz CT molecular complexity index is 181. The summed E-state index contributed by atoms with van der Waals surface area (Å²) in [7, 11) is 0. The summed E-state index contributed by atoms with van der Waals surface area (Å²) in [6, 6.07) is 0.159. The molecule has 0 heterocycles. The molecule has 0 bridgehead atoms. The van der Waals surface area contributed by atoms with E-state index in [2.05, 4.69) is 10.3 Å². The van der Waals surface area contributed by atoms with Gasteiger partial charge in [-0.2, -0.15) is 5.48 Å². The quantitative estimate of drug-likeness (QED) is 0.617. The Morgan fingerprint density at radius 3 is 2.58 bits per heavy atom. The third kappa shape index (κ3) is 3.00. The highest BCUT2D eigenvalue weighted by Crippen LogP contribution is 2.14. The van der Waals surface area contributed by atoms with Crippen molar-refractivity contribution in [3.05, 3.63) is 0 Å². The van der Waals surface area contributed by atoms with Crippen molar-refractivity contribution in [1.82, 2.24) is 5.48 Å². The zero-order valence-corrected chi connectivity index (χ0v) is 7.13. The highest BCUT2D eigenvalue weighted by molar-refractivity contribution is 5.79. The number of carbonyl (C=O) groups excluding carboxylic acids is 2. The van der Waals surface area contributed by atoms with Gasteiger partial charge in [0, 0.05) is 25.8 Å². The smallest absolute Gasteiger partial charge is 0.321 e. The normalized spacial score (nSPS) is 19.2. The molecule has 0 aliphatic heterocycles. The van der Waals surface area contributed by atoms with Crippen molar-refractivity contribution in [2.24, 2.45) is 0 Å². The van der Waals surface area contributed by atoms with Crippen molar-refractivity contribution in [3.63, 3.8) is 0 Å². The molecule has 0 spiro atoms. The summed E-state index contributed by atoms with van der Waals surface area (Å²) in [5.74, 6) is -0.0391. The second-order valence-corrected chi connectivity index (χ2v) is 3.02. The number of Topliss-reactive ketones (excluding diaryl/α,β-unsaturated/α-hetero) is 1. The van der Waals surface area contributed by atoms with Crippen LogP contribution in [0, 0.1) is 0 Å². The van der Waals surface area contributed by atoms with Crippen LogP contribution in [0.5, 0.6) is 0 Å². The molecule has 0 aromatic rings. The zero-order valence-electron chi connectivity index (χ0n) is 7.13. The highest BCUT2D eigenvalue weighted by atomic mass is 16.7. The van der Waals surface area contributed by atoms with E-state index in [1.807, 2.05) is 0 Å². The fraction of sp³-hybridized carbons (Fsp3) is 0.750. The van der Waals surface area contributed by atoms with Crippen molar-refractivity contribution in [3.8, 4) is 0 Å². The standard InChI is InChI=1S/C8H13NO3/c1-6(10)12-9-7-2-4-8(11)5-3-7/h7,9H,2-5H2,1H3. The van der Waals surface area contributed by atoms with Crippen LogP contribution in [-0.2, 0) is 14.4 Å². The fourth-order valence-electron chi connectivity index (χ4n) is 1.22. The molecule has 0 aromatic carbocycles. The minimum absolute atomic E-state index is 0.159. The lowest BCUT2D eigenvalue weighted by atomic mass is 9.95. The lowest BCUT2D eigenvalue weighted by Gasteiger charge is -2.20. The molecular weight excluding hydrogens is 158 g/mol. The van der Waals surface area contributed by atoms with Gasteiger partial charge in [-0.15, -0.1) is 0 Å². The Balaban J connectivity index is 2.17. The molecule has 1 aliphatic rings. The van der Waals surface area contributed by atoms with Gasteiger partial charge in [-0.25, -0.2) is 0 Å². The number of nitrogens with one attached hydrogen (secondary N) is 1. The molecule has 1 rings (SSSR count). The van der Waals surface area contributed by atoms with E-state index in [4.69, 9.17) is 0 Å². The van der Waals surface area contributed by atoms with Crippen LogP contribution in [-0.4, -0.2) is 17.8 Å². The van der Waals surface area contributed by atoms with Crippen LogP contribution < -0.4 is 5.48 Å². The summed E-state index contributed by atoms with van der Waals surface area (Å²) in [5, 5.41) is 0. The van der Waals surface area contributed by atoms with Crippen LogP contribution in [0.4, 0.5) is 0 Å². The molecule has 68 valence electrons. The first-order valence-corrected chi connectivity index (χ1v) is 4.13. The predicted molar refractivity (Wildman–Crippen MR) is 42.2 cm³/mol. The Morgan fingerprint density at radius 2 is 2.08 bits per heavy atom. The molecule has 0 unspecified atom stereocenters. The van der Waals surface area contributed by atoms with Crippen molar-refractivity contribution in [2.75, 3.05) is 0 Å². The van der Waals surface area contributed by atoms with E-state index in [-0.39, 0.29) is 12.0 Å². The molecule has 1 fully saturated rings. The minimum Gasteiger partial charge on any atom is -0.371 e. The third-order valence-electron chi connectivity index (χ3n) is 1.91. The number of hydrogen-bond donors (Lipinski definition) is 1. The second kappa shape index (κ2) is 4.21. The molecule has 0 atom stereocenters. The van der Waals surface area contributed by atoms with E-state index in [9.17, 15) is 9.59 Å². The van der Waals surface area contributed by atoms with E-state index >= 15 is 0 Å². The van der Waals surface area contributed by atoms with E-state index in [0.29, 0.717) is 18.6 Å². The molecule has 4 heteroatoms. The van der Waals surface area contributed by atoms with Crippen LogP contribution in [0.25, 0.3) is 0 Å². The molecule has 4 nitrogen and oxygen atoms in total. The summed E-state index contributed by atoms with van der Waals surface area (Å²) < 4.78 is 0. The number of carbonyl (C=O) groups is 2. The van der Waals surface area contributed by atoms with Crippen molar-refractivity contribution in [1.29, 1.82) is 0 Å². The highest BCUT2D eigenvalue weighted by Gasteiger charge is 2.18. The first-order valence-electron chi connectivity index (χ1n) is 4.13. The van der Waals surface area contributed by atoms with Crippen LogP contribution >= 0.6 is 0 Å². The van der Waals surface area contributed by atoms with E-state index in [0.717, 1.165) is 12.8 Å². The zero-order chi connectivity index (χ0) is 8.97. The number of hydroxylamine groups is 1. The van der Waals surface area contributed by atoms with Gasteiger partial charge in [0.1, 0.15) is 5.78 Å². The monoisotopic (exact) mass is 171 g/mol. The molecule has 1 aliphatic carbocycles. The minimum atomic E-state index is -0.341. The molecule has 1 saturated carbocycles. The van der Waals surface area contributed by atoms with Gasteiger partial charge in [-0.05, 0) is 12.8 Å². The third-order valence-corrected chi connectivity index (χ3v) is 1.91. The summed E-state index contributed by atoms with van der Waals surface area (Å²) in [5.41, 5.74) is 2.64. The maximum Gasteiger partial charge on any atom is 0.321 e. The van der Waals surface area contributed by atoms with Gasteiger partial charge in [0.05, 0.1) is 0 Å². The topological polar surface area (TPSA) is 55.4 Å². The first kappa shape index (κ1) is 9.19. The lowest BCUT2D eigenvalue weighted by Crippen LogP contribution is -2.34. The van der Waals surface area contributed by atoms with Gasteiger partial charge >= 0.3 is 5.97 Å². The summed E-state index contributed by atoms with van der Waals surface area (Å²) in [6.07, 6.45) is 2.73.